The Morgan fingerprint density at radius 2 is 1.95 bits per heavy atom. The summed E-state index contributed by atoms with van der Waals surface area (Å²) in [5.41, 5.74) is 1.84. The molecule has 0 aliphatic rings. The van der Waals surface area contributed by atoms with Crippen LogP contribution in [0.1, 0.15) is 11.3 Å². The molecule has 0 unspecified atom stereocenters. The first kappa shape index (κ1) is 13.6. The lowest BCUT2D eigenvalue weighted by molar-refractivity contribution is -0.129. The maximum Gasteiger partial charge on any atom is 0.227 e. The van der Waals surface area contributed by atoms with Gasteiger partial charge >= 0.3 is 0 Å². The van der Waals surface area contributed by atoms with Crippen LogP contribution in [-0.4, -0.2) is 22.8 Å². The van der Waals surface area contributed by atoms with Gasteiger partial charge in [-0.15, -0.1) is 0 Å². The average molecular weight is 275 g/mol. The third-order valence-electron chi connectivity index (χ3n) is 2.82. The van der Waals surface area contributed by atoms with E-state index in [9.17, 15) is 4.79 Å². The molecule has 2 aromatic rings. The lowest BCUT2D eigenvalue weighted by Gasteiger charge is -2.16. The van der Waals surface area contributed by atoms with Gasteiger partial charge in [0, 0.05) is 18.3 Å². The number of rotatable bonds is 4. The van der Waals surface area contributed by atoms with Crippen LogP contribution in [0, 0.1) is 0 Å². The number of aromatic nitrogens is 1. The quantitative estimate of drug-likeness (QED) is 0.859. The van der Waals surface area contributed by atoms with E-state index in [0.717, 1.165) is 11.3 Å². The lowest BCUT2D eigenvalue weighted by Crippen LogP contribution is -2.28. The number of hydrogen-bond acceptors (Lipinski definition) is 2. The van der Waals surface area contributed by atoms with E-state index in [0.29, 0.717) is 18.0 Å². The molecule has 0 aliphatic heterocycles. The molecule has 4 heteroatoms. The van der Waals surface area contributed by atoms with Gasteiger partial charge in [-0.05, 0) is 29.8 Å². The first-order valence-electron chi connectivity index (χ1n) is 6.03. The molecule has 0 saturated carbocycles. The van der Waals surface area contributed by atoms with Gasteiger partial charge in [-0.25, -0.2) is 0 Å². The van der Waals surface area contributed by atoms with Crippen molar-refractivity contribution in [1.82, 2.24) is 9.88 Å². The SMILES string of the molecule is CN(Cc1ccccn1)C(=O)Cc1ccc(Cl)cc1. The summed E-state index contributed by atoms with van der Waals surface area (Å²) in [4.78, 5) is 18.0. The standard InChI is InChI=1S/C15H15ClN2O/c1-18(11-14-4-2-3-9-17-14)15(19)10-12-5-7-13(16)8-6-12/h2-9H,10-11H2,1H3. The number of likely N-dealkylation sites (N-methyl/N-ethyl adjacent to an activating group) is 1. The van der Waals surface area contributed by atoms with Gasteiger partial charge in [0.2, 0.25) is 5.91 Å². The highest BCUT2D eigenvalue weighted by Gasteiger charge is 2.10. The Morgan fingerprint density at radius 3 is 2.58 bits per heavy atom. The maximum atomic E-state index is 12.1. The summed E-state index contributed by atoms with van der Waals surface area (Å²) in [5, 5.41) is 0.679. The molecule has 19 heavy (non-hydrogen) atoms. The van der Waals surface area contributed by atoms with Gasteiger partial charge in [0.25, 0.3) is 0 Å². The van der Waals surface area contributed by atoms with Crippen LogP contribution in [-0.2, 0) is 17.8 Å². The number of halogens is 1. The number of hydrogen-bond donors (Lipinski definition) is 0. The first-order valence-corrected chi connectivity index (χ1v) is 6.41. The Morgan fingerprint density at radius 1 is 1.21 bits per heavy atom. The zero-order valence-corrected chi connectivity index (χ0v) is 11.5. The fraction of sp³-hybridized carbons (Fsp3) is 0.200. The van der Waals surface area contributed by atoms with E-state index in [2.05, 4.69) is 4.98 Å². The highest BCUT2D eigenvalue weighted by Crippen LogP contribution is 2.11. The normalized spacial score (nSPS) is 10.2. The van der Waals surface area contributed by atoms with Crippen LogP contribution < -0.4 is 0 Å². The summed E-state index contributed by atoms with van der Waals surface area (Å²) in [6.45, 7) is 0.521. The molecule has 3 nitrogen and oxygen atoms in total. The van der Waals surface area contributed by atoms with Crippen molar-refractivity contribution in [2.45, 2.75) is 13.0 Å². The lowest BCUT2D eigenvalue weighted by atomic mass is 10.1. The van der Waals surface area contributed by atoms with Crippen LogP contribution >= 0.6 is 11.6 Å². The Bertz CT molecular complexity index is 540. The zero-order chi connectivity index (χ0) is 13.7. The number of carbonyl (C=O) groups is 1. The van der Waals surface area contributed by atoms with E-state index >= 15 is 0 Å². The topological polar surface area (TPSA) is 33.2 Å². The van der Waals surface area contributed by atoms with Gasteiger partial charge in [0.15, 0.2) is 0 Å². The molecule has 0 atom stereocenters. The molecule has 1 aromatic carbocycles. The van der Waals surface area contributed by atoms with Crippen molar-refractivity contribution >= 4 is 17.5 Å². The largest absolute Gasteiger partial charge is 0.340 e. The molecule has 1 amide bonds. The summed E-state index contributed by atoms with van der Waals surface area (Å²) >= 11 is 5.81. The molecule has 0 fully saturated rings. The molecule has 0 bridgehead atoms. The Balaban J connectivity index is 1.94. The van der Waals surface area contributed by atoms with Crippen LogP contribution in [0.15, 0.2) is 48.7 Å². The van der Waals surface area contributed by atoms with E-state index in [4.69, 9.17) is 11.6 Å². The predicted molar refractivity (Wildman–Crippen MR) is 75.9 cm³/mol. The number of pyridine rings is 1. The van der Waals surface area contributed by atoms with Crippen LogP contribution in [0.5, 0.6) is 0 Å². The van der Waals surface area contributed by atoms with Crippen LogP contribution in [0.4, 0.5) is 0 Å². The Kier molecular flexibility index (Phi) is 4.53. The summed E-state index contributed by atoms with van der Waals surface area (Å²) in [5.74, 6) is 0.0629. The van der Waals surface area contributed by atoms with Crippen molar-refractivity contribution in [3.8, 4) is 0 Å². The number of amides is 1. The van der Waals surface area contributed by atoms with Gasteiger partial charge < -0.3 is 4.90 Å². The minimum atomic E-state index is 0.0629. The van der Waals surface area contributed by atoms with Crippen molar-refractivity contribution in [2.24, 2.45) is 0 Å². The van der Waals surface area contributed by atoms with Gasteiger partial charge in [-0.2, -0.15) is 0 Å². The summed E-state index contributed by atoms with van der Waals surface area (Å²) in [6, 6.07) is 13.0. The highest BCUT2D eigenvalue weighted by molar-refractivity contribution is 6.30. The van der Waals surface area contributed by atoms with Crippen molar-refractivity contribution in [2.75, 3.05) is 7.05 Å². The maximum absolute atomic E-state index is 12.1. The predicted octanol–water partition coefficient (Wildman–Crippen LogP) is 2.94. The van der Waals surface area contributed by atoms with Crippen LogP contribution in [0.25, 0.3) is 0 Å². The number of carbonyl (C=O) groups excluding carboxylic acids is 1. The molecule has 0 saturated heterocycles. The van der Waals surface area contributed by atoms with E-state index in [1.165, 1.54) is 0 Å². The second-order valence-electron chi connectivity index (χ2n) is 4.37. The van der Waals surface area contributed by atoms with Crippen molar-refractivity contribution < 1.29 is 4.79 Å². The van der Waals surface area contributed by atoms with Gasteiger partial charge in [0.05, 0.1) is 18.7 Å². The number of benzene rings is 1. The second-order valence-corrected chi connectivity index (χ2v) is 4.81. The molecular weight excluding hydrogens is 260 g/mol. The zero-order valence-electron chi connectivity index (χ0n) is 10.7. The molecular formula is C15H15ClN2O. The summed E-state index contributed by atoms with van der Waals surface area (Å²) in [7, 11) is 1.78. The van der Waals surface area contributed by atoms with E-state index < -0.39 is 0 Å². The summed E-state index contributed by atoms with van der Waals surface area (Å²) < 4.78 is 0. The van der Waals surface area contributed by atoms with Gasteiger partial charge in [0.1, 0.15) is 0 Å². The second kappa shape index (κ2) is 6.34. The van der Waals surface area contributed by atoms with E-state index in [-0.39, 0.29) is 5.91 Å². The molecule has 1 aromatic heterocycles. The smallest absolute Gasteiger partial charge is 0.227 e. The molecule has 98 valence electrons. The Hall–Kier alpha value is -1.87. The molecule has 0 N–H and O–H groups in total. The van der Waals surface area contributed by atoms with Crippen molar-refractivity contribution in [1.29, 1.82) is 0 Å². The molecule has 2 rings (SSSR count). The number of nitrogens with zero attached hydrogens (tertiary/aromatic N) is 2. The van der Waals surface area contributed by atoms with Gasteiger partial charge in [-0.1, -0.05) is 29.8 Å². The molecule has 0 spiro atoms. The van der Waals surface area contributed by atoms with Crippen LogP contribution in [0.2, 0.25) is 5.02 Å². The summed E-state index contributed by atoms with van der Waals surface area (Å²) in [6.07, 6.45) is 2.10. The van der Waals surface area contributed by atoms with Gasteiger partial charge in [-0.3, -0.25) is 9.78 Å². The monoisotopic (exact) mass is 274 g/mol. The highest BCUT2D eigenvalue weighted by atomic mass is 35.5. The first-order chi connectivity index (χ1) is 9.15. The molecule has 0 radical (unpaired) electrons. The Labute approximate surface area is 117 Å². The average Bonchev–Trinajstić information content (AvgIpc) is 2.42. The molecule has 1 heterocycles. The van der Waals surface area contributed by atoms with Crippen molar-refractivity contribution in [3.63, 3.8) is 0 Å². The fourth-order valence-corrected chi connectivity index (χ4v) is 1.86. The van der Waals surface area contributed by atoms with Crippen LogP contribution in [0.3, 0.4) is 0 Å². The van der Waals surface area contributed by atoms with E-state index in [1.54, 1.807) is 30.3 Å². The van der Waals surface area contributed by atoms with Crippen molar-refractivity contribution in [3.05, 3.63) is 64.9 Å². The minimum absolute atomic E-state index is 0.0629. The third kappa shape index (κ3) is 4.07. The third-order valence-corrected chi connectivity index (χ3v) is 3.07. The van der Waals surface area contributed by atoms with E-state index in [1.807, 2.05) is 30.3 Å². The fourth-order valence-electron chi connectivity index (χ4n) is 1.73. The minimum Gasteiger partial charge on any atom is -0.340 e. The molecule has 0 aliphatic carbocycles.